The minimum atomic E-state index is -3.60. The van der Waals surface area contributed by atoms with E-state index in [-0.39, 0.29) is 42.0 Å². The maximum Gasteiger partial charge on any atom is 0.234 e. The summed E-state index contributed by atoms with van der Waals surface area (Å²) >= 11 is 0. The summed E-state index contributed by atoms with van der Waals surface area (Å²) in [6, 6.07) is 14.0. The molecule has 0 aliphatic heterocycles. The molecule has 27 heavy (non-hydrogen) atoms. The van der Waals surface area contributed by atoms with Crippen LogP contribution in [0.3, 0.4) is 0 Å². The second-order valence-electron chi connectivity index (χ2n) is 5.72. The first-order valence-electron chi connectivity index (χ1n) is 8.15. The van der Waals surface area contributed by atoms with Crippen LogP contribution >= 0.6 is 24.0 Å². The Kier molecular flexibility index (Phi) is 9.50. The van der Waals surface area contributed by atoms with Crippen LogP contribution in [-0.2, 0) is 16.6 Å². The topological polar surface area (TPSA) is 82.6 Å². The van der Waals surface area contributed by atoms with Crippen molar-refractivity contribution < 1.29 is 12.8 Å². The molecule has 0 aromatic heterocycles. The molecule has 0 radical (unpaired) electrons. The SMILES string of the molecule is CN=C(NCCS(=O)(=O)Nc1ccc(C)c(F)c1)NCc1ccccc1.I. The lowest BCUT2D eigenvalue weighted by Crippen LogP contribution is -2.39. The van der Waals surface area contributed by atoms with Gasteiger partial charge < -0.3 is 10.6 Å². The molecular formula is C18H24FIN4O2S. The van der Waals surface area contributed by atoms with Crippen molar-refractivity contribution in [1.29, 1.82) is 0 Å². The second-order valence-corrected chi connectivity index (χ2v) is 7.56. The van der Waals surface area contributed by atoms with Crippen molar-refractivity contribution in [2.24, 2.45) is 4.99 Å². The summed E-state index contributed by atoms with van der Waals surface area (Å²) in [5.74, 6) is -0.117. The van der Waals surface area contributed by atoms with E-state index in [1.807, 2.05) is 30.3 Å². The number of guanidine groups is 1. The fourth-order valence-corrected chi connectivity index (χ4v) is 3.15. The van der Waals surface area contributed by atoms with E-state index in [4.69, 9.17) is 0 Å². The number of anilines is 1. The monoisotopic (exact) mass is 506 g/mol. The summed E-state index contributed by atoms with van der Waals surface area (Å²) in [5.41, 5.74) is 1.76. The van der Waals surface area contributed by atoms with Gasteiger partial charge in [-0.1, -0.05) is 36.4 Å². The van der Waals surface area contributed by atoms with Crippen LogP contribution in [0, 0.1) is 12.7 Å². The Hall–Kier alpha value is -1.88. The molecule has 2 aromatic carbocycles. The summed E-state index contributed by atoms with van der Waals surface area (Å²) < 4.78 is 40.1. The fourth-order valence-electron chi connectivity index (χ4n) is 2.19. The average molecular weight is 506 g/mol. The highest BCUT2D eigenvalue weighted by Gasteiger charge is 2.11. The van der Waals surface area contributed by atoms with Gasteiger partial charge in [-0.2, -0.15) is 0 Å². The van der Waals surface area contributed by atoms with E-state index in [1.54, 1.807) is 14.0 Å². The first kappa shape index (κ1) is 23.2. The van der Waals surface area contributed by atoms with Gasteiger partial charge in [-0.15, -0.1) is 24.0 Å². The van der Waals surface area contributed by atoms with Gasteiger partial charge >= 0.3 is 0 Å². The van der Waals surface area contributed by atoms with Crippen molar-refractivity contribution in [3.05, 3.63) is 65.5 Å². The van der Waals surface area contributed by atoms with E-state index in [0.717, 1.165) is 5.56 Å². The smallest absolute Gasteiger partial charge is 0.234 e. The largest absolute Gasteiger partial charge is 0.355 e. The van der Waals surface area contributed by atoms with Gasteiger partial charge in [-0.3, -0.25) is 9.71 Å². The maximum absolute atomic E-state index is 13.5. The number of aryl methyl sites for hydroxylation is 1. The molecule has 148 valence electrons. The second kappa shape index (κ2) is 11.1. The summed E-state index contributed by atoms with van der Waals surface area (Å²) in [6.45, 7) is 2.36. The van der Waals surface area contributed by atoms with Gasteiger partial charge in [-0.05, 0) is 30.2 Å². The molecule has 3 N–H and O–H groups in total. The predicted molar refractivity (Wildman–Crippen MR) is 119 cm³/mol. The molecule has 0 saturated heterocycles. The van der Waals surface area contributed by atoms with Crippen LogP contribution in [0.15, 0.2) is 53.5 Å². The molecule has 0 amide bonds. The number of hydrogen-bond donors (Lipinski definition) is 3. The molecule has 0 fully saturated rings. The highest BCUT2D eigenvalue weighted by Crippen LogP contribution is 2.14. The molecule has 0 unspecified atom stereocenters. The van der Waals surface area contributed by atoms with E-state index in [2.05, 4.69) is 20.3 Å². The lowest BCUT2D eigenvalue weighted by Gasteiger charge is -2.13. The molecule has 0 aliphatic rings. The van der Waals surface area contributed by atoms with Crippen molar-refractivity contribution in [2.75, 3.05) is 24.1 Å². The van der Waals surface area contributed by atoms with Crippen molar-refractivity contribution in [1.82, 2.24) is 10.6 Å². The van der Waals surface area contributed by atoms with E-state index >= 15 is 0 Å². The third kappa shape index (κ3) is 8.12. The molecule has 0 aliphatic carbocycles. The van der Waals surface area contributed by atoms with E-state index in [9.17, 15) is 12.8 Å². The van der Waals surface area contributed by atoms with Crippen molar-refractivity contribution in [3.8, 4) is 0 Å². The van der Waals surface area contributed by atoms with E-state index in [0.29, 0.717) is 18.1 Å². The fraction of sp³-hybridized carbons (Fsp3) is 0.278. The van der Waals surface area contributed by atoms with E-state index in [1.165, 1.54) is 18.2 Å². The minimum Gasteiger partial charge on any atom is -0.355 e. The number of sulfonamides is 1. The minimum absolute atomic E-state index is 0. The van der Waals surface area contributed by atoms with Crippen LogP contribution in [-0.4, -0.2) is 33.7 Å². The molecule has 0 bridgehead atoms. The Bertz CT molecular complexity index is 861. The molecular weight excluding hydrogens is 482 g/mol. The van der Waals surface area contributed by atoms with Crippen LogP contribution in [0.1, 0.15) is 11.1 Å². The van der Waals surface area contributed by atoms with Crippen molar-refractivity contribution in [2.45, 2.75) is 13.5 Å². The molecule has 2 rings (SSSR count). The van der Waals surface area contributed by atoms with Gasteiger partial charge in [0, 0.05) is 20.1 Å². The molecule has 0 heterocycles. The van der Waals surface area contributed by atoms with Gasteiger partial charge in [0.05, 0.1) is 11.4 Å². The summed E-state index contributed by atoms with van der Waals surface area (Å²) in [6.07, 6.45) is 0. The third-order valence-corrected chi connectivity index (χ3v) is 4.92. The predicted octanol–water partition coefficient (Wildman–Crippen LogP) is 2.86. The highest BCUT2D eigenvalue weighted by atomic mass is 127. The lowest BCUT2D eigenvalue weighted by molar-refractivity contribution is 0.599. The quantitative estimate of drug-likeness (QED) is 0.307. The van der Waals surface area contributed by atoms with Gasteiger partial charge in [0.25, 0.3) is 0 Å². The van der Waals surface area contributed by atoms with E-state index < -0.39 is 15.8 Å². The van der Waals surface area contributed by atoms with Gasteiger partial charge in [0.2, 0.25) is 10.0 Å². The Balaban J connectivity index is 0.00000364. The number of rotatable bonds is 7. The Labute approximate surface area is 176 Å². The summed E-state index contributed by atoms with van der Waals surface area (Å²) in [4.78, 5) is 4.06. The molecule has 6 nitrogen and oxygen atoms in total. The Morgan fingerprint density at radius 2 is 1.81 bits per heavy atom. The van der Waals surface area contributed by atoms with Crippen molar-refractivity contribution in [3.63, 3.8) is 0 Å². The first-order chi connectivity index (χ1) is 12.4. The molecule has 9 heteroatoms. The molecule has 0 spiro atoms. The number of benzene rings is 2. The first-order valence-corrected chi connectivity index (χ1v) is 9.80. The van der Waals surface area contributed by atoms with Crippen LogP contribution in [0.2, 0.25) is 0 Å². The van der Waals surface area contributed by atoms with Gasteiger partial charge in [-0.25, -0.2) is 12.8 Å². The van der Waals surface area contributed by atoms with Crippen LogP contribution in [0.25, 0.3) is 0 Å². The Morgan fingerprint density at radius 3 is 2.44 bits per heavy atom. The highest BCUT2D eigenvalue weighted by molar-refractivity contribution is 14.0. The number of nitrogens with zero attached hydrogens (tertiary/aromatic N) is 1. The van der Waals surface area contributed by atoms with Crippen LogP contribution < -0.4 is 15.4 Å². The van der Waals surface area contributed by atoms with Gasteiger partial charge in [0.1, 0.15) is 5.82 Å². The summed E-state index contributed by atoms with van der Waals surface area (Å²) in [5, 5.41) is 6.06. The lowest BCUT2D eigenvalue weighted by atomic mass is 10.2. The number of nitrogens with one attached hydrogen (secondary N) is 3. The third-order valence-electron chi connectivity index (χ3n) is 3.63. The molecule has 0 saturated carbocycles. The van der Waals surface area contributed by atoms with Crippen molar-refractivity contribution >= 4 is 45.6 Å². The van der Waals surface area contributed by atoms with Crippen LogP contribution in [0.4, 0.5) is 10.1 Å². The Morgan fingerprint density at radius 1 is 1.11 bits per heavy atom. The zero-order valence-electron chi connectivity index (χ0n) is 15.2. The number of hydrogen-bond acceptors (Lipinski definition) is 3. The molecule has 2 aromatic rings. The number of aliphatic imine (C=N–C) groups is 1. The van der Waals surface area contributed by atoms with Gasteiger partial charge in [0.15, 0.2) is 5.96 Å². The summed E-state index contributed by atoms with van der Waals surface area (Å²) in [7, 11) is -1.98. The zero-order valence-corrected chi connectivity index (χ0v) is 18.3. The standard InChI is InChI=1S/C18H23FN4O2S.HI/c1-14-8-9-16(12-17(14)19)23-26(24,25)11-10-21-18(20-2)22-13-15-6-4-3-5-7-15;/h3-9,12,23H,10-11,13H2,1-2H3,(H2,20,21,22);1H. The average Bonchev–Trinajstić information content (AvgIpc) is 2.61. The van der Waals surface area contributed by atoms with Crippen LogP contribution in [0.5, 0.6) is 0 Å². The normalized spacial score (nSPS) is 11.4. The zero-order chi connectivity index (χ0) is 19.0. The number of halogens is 2. The maximum atomic E-state index is 13.5. The molecule has 0 atom stereocenters.